The summed E-state index contributed by atoms with van der Waals surface area (Å²) in [5.74, 6) is -0.207. The lowest BCUT2D eigenvalue weighted by Crippen LogP contribution is -2.21. The zero-order valence-electron chi connectivity index (χ0n) is 9.07. The maximum atomic E-state index is 12.3. The van der Waals surface area contributed by atoms with Crippen LogP contribution in [0.5, 0.6) is 0 Å². The molecular formula is C15H9O2. The van der Waals surface area contributed by atoms with Gasteiger partial charge in [0.15, 0.2) is 11.6 Å². The van der Waals surface area contributed by atoms with Crippen molar-refractivity contribution in [1.82, 2.24) is 0 Å². The minimum atomic E-state index is -0.110. The van der Waals surface area contributed by atoms with Crippen molar-refractivity contribution in [3.63, 3.8) is 0 Å². The van der Waals surface area contributed by atoms with Gasteiger partial charge in [0, 0.05) is 22.3 Å². The highest BCUT2D eigenvalue weighted by Gasteiger charge is 2.29. The van der Waals surface area contributed by atoms with E-state index in [4.69, 9.17) is 0 Å². The van der Waals surface area contributed by atoms with Gasteiger partial charge in [-0.1, -0.05) is 42.5 Å². The first kappa shape index (κ1) is 9.97. The Bertz CT molecular complexity index is 654. The van der Waals surface area contributed by atoms with Crippen molar-refractivity contribution < 1.29 is 9.59 Å². The summed E-state index contributed by atoms with van der Waals surface area (Å²) in [6.07, 6.45) is 0. The number of carbonyl (C=O) groups is 2. The maximum absolute atomic E-state index is 12.3. The van der Waals surface area contributed by atoms with Crippen LogP contribution in [0, 0.1) is 6.92 Å². The van der Waals surface area contributed by atoms with E-state index in [1.54, 1.807) is 42.5 Å². The monoisotopic (exact) mass is 221 g/mol. The van der Waals surface area contributed by atoms with Crippen molar-refractivity contribution in [3.8, 4) is 0 Å². The van der Waals surface area contributed by atoms with Crippen LogP contribution in [-0.2, 0) is 0 Å². The molecule has 81 valence electrons. The van der Waals surface area contributed by atoms with Crippen LogP contribution in [0.4, 0.5) is 0 Å². The lowest BCUT2D eigenvalue weighted by atomic mass is 9.82. The molecular weight excluding hydrogens is 212 g/mol. The van der Waals surface area contributed by atoms with E-state index in [9.17, 15) is 9.59 Å². The van der Waals surface area contributed by atoms with Gasteiger partial charge in [-0.3, -0.25) is 9.59 Å². The van der Waals surface area contributed by atoms with Gasteiger partial charge in [-0.25, -0.2) is 0 Å². The summed E-state index contributed by atoms with van der Waals surface area (Å²) in [5, 5.41) is 0. The van der Waals surface area contributed by atoms with Gasteiger partial charge in [-0.05, 0) is 12.5 Å². The van der Waals surface area contributed by atoms with Gasteiger partial charge in [0.05, 0.1) is 0 Å². The first-order valence-corrected chi connectivity index (χ1v) is 5.33. The molecule has 0 unspecified atom stereocenters. The maximum Gasteiger partial charge on any atom is 0.194 e. The van der Waals surface area contributed by atoms with Crippen LogP contribution in [0.2, 0.25) is 0 Å². The molecule has 0 aromatic heterocycles. The average Bonchev–Trinajstić information content (AvgIpc) is 2.36. The predicted octanol–water partition coefficient (Wildman–Crippen LogP) is 2.64. The Morgan fingerprint density at radius 2 is 1.29 bits per heavy atom. The van der Waals surface area contributed by atoms with Crippen molar-refractivity contribution in [2.75, 3.05) is 0 Å². The second-order valence-electron chi connectivity index (χ2n) is 4.04. The third kappa shape index (κ3) is 1.27. The molecule has 2 nitrogen and oxygen atoms in total. The molecule has 1 aliphatic carbocycles. The molecule has 0 saturated carbocycles. The largest absolute Gasteiger partial charge is 0.289 e. The molecule has 2 heteroatoms. The van der Waals surface area contributed by atoms with E-state index in [2.05, 4.69) is 6.92 Å². The fourth-order valence-corrected chi connectivity index (χ4v) is 2.22. The van der Waals surface area contributed by atoms with Gasteiger partial charge in [0.1, 0.15) is 0 Å². The number of hydrogen-bond donors (Lipinski definition) is 0. The summed E-state index contributed by atoms with van der Waals surface area (Å²) < 4.78 is 0. The van der Waals surface area contributed by atoms with Crippen molar-refractivity contribution in [2.45, 2.75) is 0 Å². The molecule has 0 amide bonds. The van der Waals surface area contributed by atoms with Crippen molar-refractivity contribution >= 4 is 11.6 Å². The standard InChI is InChI=1S/C15H9O2/c1-9-5-4-8-12-13(9)15(17)11-7-3-2-6-10(11)14(12)16/h2-8H,1H2. The quantitative estimate of drug-likeness (QED) is 0.584. The van der Waals surface area contributed by atoms with Gasteiger partial charge in [0.25, 0.3) is 0 Å². The Kier molecular flexibility index (Phi) is 1.99. The average molecular weight is 221 g/mol. The summed E-state index contributed by atoms with van der Waals surface area (Å²) in [6.45, 7) is 3.82. The molecule has 0 fully saturated rings. The fourth-order valence-electron chi connectivity index (χ4n) is 2.22. The SMILES string of the molecule is [CH2]c1cccc2c1C(=O)c1ccccc1C2=O. The van der Waals surface area contributed by atoms with E-state index in [1.807, 2.05) is 0 Å². The highest BCUT2D eigenvalue weighted by molar-refractivity contribution is 6.28. The summed E-state index contributed by atoms with van der Waals surface area (Å²) in [7, 11) is 0. The van der Waals surface area contributed by atoms with E-state index < -0.39 is 0 Å². The molecule has 0 spiro atoms. The van der Waals surface area contributed by atoms with E-state index in [1.165, 1.54) is 0 Å². The molecule has 0 aliphatic heterocycles. The van der Waals surface area contributed by atoms with Crippen molar-refractivity contribution in [2.24, 2.45) is 0 Å². The number of ketones is 2. The molecule has 0 N–H and O–H groups in total. The summed E-state index contributed by atoms with van der Waals surface area (Å²) in [5.41, 5.74) is 2.46. The topological polar surface area (TPSA) is 34.1 Å². The Balaban J connectivity index is 2.37. The Labute approximate surface area is 98.9 Å². The van der Waals surface area contributed by atoms with E-state index in [0.29, 0.717) is 27.8 Å². The fraction of sp³-hybridized carbons (Fsp3) is 0. The van der Waals surface area contributed by atoms with Gasteiger partial charge in [-0.15, -0.1) is 0 Å². The highest BCUT2D eigenvalue weighted by Crippen LogP contribution is 2.28. The molecule has 0 saturated heterocycles. The van der Waals surface area contributed by atoms with Gasteiger partial charge >= 0.3 is 0 Å². The molecule has 2 aromatic carbocycles. The minimum Gasteiger partial charge on any atom is -0.289 e. The number of rotatable bonds is 0. The Morgan fingerprint density at radius 3 is 2.00 bits per heavy atom. The zero-order chi connectivity index (χ0) is 12.0. The molecule has 0 heterocycles. The lowest BCUT2D eigenvalue weighted by molar-refractivity contribution is 0.0979. The van der Waals surface area contributed by atoms with Gasteiger partial charge in [0.2, 0.25) is 0 Å². The number of fused-ring (bicyclic) bond motifs is 2. The summed E-state index contributed by atoms with van der Waals surface area (Å²) in [4.78, 5) is 24.5. The van der Waals surface area contributed by atoms with Crippen LogP contribution in [0.1, 0.15) is 37.4 Å². The molecule has 0 atom stereocenters. The first-order chi connectivity index (χ1) is 8.20. The third-order valence-corrected chi connectivity index (χ3v) is 3.04. The molecule has 3 rings (SSSR count). The van der Waals surface area contributed by atoms with Crippen LogP contribution >= 0.6 is 0 Å². The Morgan fingerprint density at radius 1 is 0.706 bits per heavy atom. The van der Waals surface area contributed by atoms with Crippen molar-refractivity contribution in [1.29, 1.82) is 0 Å². The van der Waals surface area contributed by atoms with Crippen LogP contribution in [0.3, 0.4) is 0 Å². The minimum absolute atomic E-state index is 0.0966. The van der Waals surface area contributed by atoms with Crippen molar-refractivity contribution in [3.05, 3.63) is 77.2 Å². The third-order valence-electron chi connectivity index (χ3n) is 3.04. The van der Waals surface area contributed by atoms with Crippen LogP contribution in [0.15, 0.2) is 42.5 Å². The number of hydrogen-bond acceptors (Lipinski definition) is 2. The second-order valence-corrected chi connectivity index (χ2v) is 4.04. The number of benzene rings is 2. The van der Waals surface area contributed by atoms with E-state index in [-0.39, 0.29) is 11.6 Å². The second kappa shape index (κ2) is 3.39. The highest BCUT2D eigenvalue weighted by atomic mass is 16.1. The molecule has 17 heavy (non-hydrogen) atoms. The zero-order valence-corrected chi connectivity index (χ0v) is 9.07. The molecule has 1 aliphatic rings. The van der Waals surface area contributed by atoms with Gasteiger partial charge in [-0.2, -0.15) is 0 Å². The summed E-state index contributed by atoms with van der Waals surface area (Å²) >= 11 is 0. The number of carbonyl (C=O) groups excluding carboxylic acids is 2. The first-order valence-electron chi connectivity index (χ1n) is 5.33. The molecule has 0 bridgehead atoms. The van der Waals surface area contributed by atoms with Crippen LogP contribution in [0.25, 0.3) is 0 Å². The normalized spacial score (nSPS) is 13.2. The molecule has 1 radical (unpaired) electrons. The smallest absolute Gasteiger partial charge is 0.194 e. The van der Waals surface area contributed by atoms with Crippen LogP contribution < -0.4 is 0 Å². The Hall–Kier alpha value is -2.22. The lowest BCUT2D eigenvalue weighted by Gasteiger charge is -2.18. The van der Waals surface area contributed by atoms with E-state index in [0.717, 1.165) is 0 Å². The van der Waals surface area contributed by atoms with E-state index >= 15 is 0 Å². The van der Waals surface area contributed by atoms with Gasteiger partial charge < -0.3 is 0 Å². The molecule has 2 aromatic rings. The summed E-state index contributed by atoms with van der Waals surface area (Å²) in [6, 6.07) is 12.1. The predicted molar refractivity (Wildman–Crippen MR) is 64.2 cm³/mol. The van der Waals surface area contributed by atoms with Crippen LogP contribution in [-0.4, -0.2) is 11.6 Å².